The molecule has 5 heteroatoms. The van der Waals surface area contributed by atoms with E-state index in [1.54, 1.807) is 4.90 Å². The minimum atomic E-state index is -1.12. The molecule has 1 heterocycles. The minimum absolute atomic E-state index is 0.256. The third-order valence-electron chi connectivity index (χ3n) is 3.80. The number of carbonyl (C=O) groups is 2. The first-order chi connectivity index (χ1) is 10.5. The Bertz CT molecular complexity index is 592. The van der Waals surface area contributed by atoms with E-state index in [9.17, 15) is 9.59 Å². The van der Waals surface area contributed by atoms with E-state index in [-0.39, 0.29) is 18.1 Å². The van der Waals surface area contributed by atoms with Gasteiger partial charge in [-0.3, -0.25) is 0 Å². The van der Waals surface area contributed by atoms with Crippen molar-refractivity contribution >= 4 is 12.1 Å². The van der Waals surface area contributed by atoms with Crippen LogP contribution in [0.4, 0.5) is 4.79 Å². The van der Waals surface area contributed by atoms with E-state index in [0.29, 0.717) is 25.9 Å². The quantitative estimate of drug-likeness (QED) is 0.852. The number of benzene rings is 1. The largest absolute Gasteiger partial charge is 0.472 e. The molecule has 0 spiro atoms. The number of amides is 1. The van der Waals surface area contributed by atoms with E-state index in [0.717, 1.165) is 5.56 Å². The Balaban J connectivity index is 1.82. The molecular weight excluding hydrogens is 282 g/mol. The molecule has 1 aliphatic heterocycles. The van der Waals surface area contributed by atoms with Gasteiger partial charge in [-0.1, -0.05) is 36.3 Å². The lowest BCUT2D eigenvalue weighted by atomic mass is 9.81. The number of hydrogen-bond acceptors (Lipinski definition) is 3. The standard InChI is InChI=1S/C17H19NO4/c1-17(8-7-15(19)20)9-11-18(12-10-17)16(21)22-13-14-5-3-2-4-6-14/h2-6H,9-13H2,1H3,(H,19,20). The van der Waals surface area contributed by atoms with Crippen molar-refractivity contribution in [1.82, 2.24) is 4.90 Å². The average molecular weight is 301 g/mol. The van der Waals surface area contributed by atoms with Gasteiger partial charge in [0.25, 0.3) is 0 Å². The van der Waals surface area contributed by atoms with Crippen LogP contribution in [-0.2, 0) is 16.1 Å². The first-order valence-corrected chi connectivity index (χ1v) is 7.20. The SMILES string of the molecule is CC1(C#CC(=O)O)CCN(C(=O)OCc2ccccc2)CC1. The maximum Gasteiger partial charge on any atom is 0.410 e. The Kier molecular flexibility index (Phi) is 5.05. The van der Waals surface area contributed by atoms with Crippen LogP contribution in [0, 0.1) is 17.3 Å². The molecular formula is C17H19NO4. The molecule has 0 aliphatic carbocycles. The number of aliphatic carboxylic acids is 1. The molecule has 1 N–H and O–H groups in total. The van der Waals surface area contributed by atoms with Gasteiger partial charge in [0.05, 0.1) is 0 Å². The molecule has 116 valence electrons. The summed E-state index contributed by atoms with van der Waals surface area (Å²) >= 11 is 0. The number of carboxylic acids is 1. The molecule has 1 fully saturated rings. The summed E-state index contributed by atoms with van der Waals surface area (Å²) in [6, 6.07) is 9.52. The second-order valence-corrected chi connectivity index (χ2v) is 5.64. The summed E-state index contributed by atoms with van der Waals surface area (Å²) in [5.74, 6) is 3.85. The van der Waals surface area contributed by atoms with Gasteiger partial charge in [-0.15, -0.1) is 0 Å². The first-order valence-electron chi connectivity index (χ1n) is 7.20. The number of carbonyl (C=O) groups excluding carboxylic acids is 1. The molecule has 0 bridgehead atoms. The Hall–Kier alpha value is -2.48. The molecule has 0 aromatic heterocycles. The van der Waals surface area contributed by atoms with Gasteiger partial charge in [0.1, 0.15) is 6.61 Å². The van der Waals surface area contributed by atoms with Crippen LogP contribution >= 0.6 is 0 Å². The Morgan fingerprint density at radius 2 is 1.91 bits per heavy atom. The third kappa shape index (κ3) is 4.52. The van der Waals surface area contributed by atoms with Gasteiger partial charge in [0.15, 0.2) is 0 Å². The molecule has 22 heavy (non-hydrogen) atoms. The fourth-order valence-corrected chi connectivity index (χ4v) is 2.32. The number of rotatable bonds is 2. The van der Waals surface area contributed by atoms with Crippen molar-refractivity contribution in [3.63, 3.8) is 0 Å². The summed E-state index contributed by atoms with van der Waals surface area (Å²) in [6.45, 7) is 3.23. The van der Waals surface area contributed by atoms with Crippen LogP contribution in [0.25, 0.3) is 0 Å². The highest BCUT2D eigenvalue weighted by Crippen LogP contribution is 2.30. The summed E-state index contributed by atoms with van der Waals surface area (Å²) in [5.41, 5.74) is 0.597. The van der Waals surface area contributed by atoms with Crippen LogP contribution in [0.5, 0.6) is 0 Å². The van der Waals surface area contributed by atoms with Crippen molar-refractivity contribution in [3.05, 3.63) is 35.9 Å². The summed E-state index contributed by atoms with van der Waals surface area (Å²) in [6.07, 6.45) is 0.957. The van der Waals surface area contributed by atoms with Crippen LogP contribution < -0.4 is 0 Å². The summed E-state index contributed by atoms with van der Waals surface area (Å²) in [7, 11) is 0. The van der Waals surface area contributed by atoms with Gasteiger partial charge in [-0.2, -0.15) is 0 Å². The highest BCUT2D eigenvalue weighted by atomic mass is 16.6. The second kappa shape index (κ2) is 6.99. The number of carboxylic acid groups (broad SMARTS) is 1. The summed E-state index contributed by atoms with van der Waals surface area (Å²) in [4.78, 5) is 24.2. The zero-order valence-corrected chi connectivity index (χ0v) is 12.5. The molecule has 5 nitrogen and oxygen atoms in total. The summed E-state index contributed by atoms with van der Waals surface area (Å²) in [5, 5.41) is 8.62. The predicted molar refractivity (Wildman–Crippen MR) is 81.0 cm³/mol. The second-order valence-electron chi connectivity index (χ2n) is 5.64. The van der Waals surface area contributed by atoms with Crippen LogP contribution in [0.3, 0.4) is 0 Å². The van der Waals surface area contributed by atoms with Crippen LogP contribution in [0.2, 0.25) is 0 Å². The van der Waals surface area contributed by atoms with Crippen LogP contribution in [0.15, 0.2) is 30.3 Å². The van der Waals surface area contributed by atoms with E-state index in [4.69, 9.17) is 9.84 Å². The molecule has 0 unspecified atom stereocenters. The lowest BCUT2D eigenvalue weighted by Crippen LogP contribution is -2.42. The van der Waals surface area contributed by atoms with Crippen molar-refractivity contribution in [2.75, 3.05) is 13.1 Å². The van der Waals surface area contributed by atoms with E-state index in [1.807, 2.05) is 37.3 Å². The summed E-state index contributed by atoms with van der Waals surface area (Å²) < 4.78 is 5.29. The molecule has 0 saturated carbocycles. The maximum atomic E-state index is 12.0. The van der Waals surface area contributed by atoms with Gasteiger partial charge in [-0.05, 0) is 25.3 Å². The topological polar surface area (TPSA) is 66.8 Å². The van der Waals surface area contributed by atoms with Gasteiger partial charge < -0.3 is 14.7 Å². The molecule has 1 saturated heterocycles. The number of ether oxygens (including phenoxy) is 1. The molecule has 1 amide bonds. The van der Waals surface area contributed by atoms with Crippen molar-refractivity contribution in [2.45, 2.75) is 26.4 Å². The van der Waals surface area contributed by atoms with Gasteiger partial charge in [-0.25, -0.2) is 9.59 Å². The number of hydrogen-bond donors (Lipinski definition) is 1. The highest BCUT2D eigenvalue weighted by molar-refractivity contribution is 5.86. The molecule has 1 aromatic rings. The van der Waals surface area contributed by atoms with Crippen molar-refractivity contribution in [1.29, 1.82) is 0 Å². The predicted octanol–water partition coefficient (Wildman–Crippen LogP) is 2.51. The third-order valence-corrected chi connectivity index (χ3v) is 3.80. The molecule has 1 aliphatic rings. The van der Waals surface area contributed by atoms with Gasteiger partial charge >= 0.3 is 12.1 Å². The number of nitrogens with zero attached hydrogens (tertiary/aromatic N) is 1. The van der Waals surface area contributed by atoms with E-state index < -0.39 is 5.97 Å². The van der Waals surface area contributed by atoms with Crippen LogP contribution in [-0.4, -0.2) is 35.2 Å². The van der Waals surface area contributed by atoms with E-state index in [2.05, 4.69) is 11.8 Å². The lowest BCUT2D eigenvalue weighted by molar-refractivity contribution is -0.130. The first kappa shape index (κ1) is 15.9. The molecule has 2 rings (SSSR count). The van der Waals surface area contributed by atoms with Gasteiger partial charge in [0.2, 0.25) is 0 Å². The van der Waals surface area contributed by atoms with Crippen molar-refractivity contribution < 1.29 is 19.4 Å². The van der Waals surface area contributed by atoms with E-state index >= 15 is 0 Å². The van der Waals surface area contributed by atoms with E-state index in [1.165, 1.54) is 0 Å². The van der Waals surface area contributed by atoms with Gasteiger partial charge in [0, 0.05) is 24.4 Å². The number of piperidine rings is 1. The zero-order chi connectivity index (χ0) is 16.0. The maximum absolute atomic E-state index is 12.0. The van der Waals surface area contributed by atoms with Crippen LogP contribution in [0.1, 0.15) is 25.3 Å². The lowest BCUT2D eigenvalue weighted by Gasteiger charge is -2.35. The average Bonchev–Trinajstić information content (AvgIpc) is 2.52. The molecule has 1 aromatic carbocycles. The smallest absolute Gasteiger partial charge is 0.410 e. The van der Waals surface area contributed by atoms with Crippen molar-refractivity contribution in [2.24, 2.45) is 5.41 Å². The highest BCUT2D eigenvalue weighted by Gasteiger charge is 2.31. The normalized spacial score (nSPS) is 16.3. The fourth-order valence-electron chi connectivity index (χ4n) is 2.32. The minimum Gasteiger partial charge on any atom is -0.472 e. The van der Waals surface area contributed by atoms with Crippen molar-refractivity contribution in [3.8, 4) is 11.8 Å². The Morgan fingerprint density at radius 3 is 2.50 bits per heavy atom. The number of likely N-dealkylation sites (tertiary alicyclic amines) is 1. The zero-order valence-electron chi connectivity index (χ0n) is 12.5. The Labute approximate surface area is 129 Å². The molecule has 0 atom stereocenters. The monoisotopic (exact) mass is 301 g/mol. The molecule has 0 radical (unpaired) electrons. The Morgan fingerprint density at radius 1 is 1.27 bits per heavy atom. The fraction of sp³-hybridized carbons (Fsp3) is 0.412.